The number of rotatable bonds is 4. The lowest BCUT2D eigenvalue weighted by Gasteiger charge is -2.23. The zero-order chi connectivity index (χ0) is 17.9. The molecule has 0 bridgehead atoms. The number of carbonyl (C=O) groups is 2. The van der Waals surface area contributed by atoms with Gasteiger partial charge in [0.25, 0.3) is 5.91 Å². The summed E-state index contributed by atoms with van der Waals surface area (Å²) in [5.41, 5.74) is 0.289. The Morgan fingerprint density at radius 2 is 2.12 bits per heavy atom. The van der Waals surface area contributed by atoms with Crippen LogP contribution in [0.4, 0.5) is 19.0 Å². The van der Waals surface area contributed by atoms with Gasteiger partial charge in [0.15, 0.2) is 0 Å². The zero-order valence-corrected chi connectivity index (χ0v) is 13.9. The Labute approximate surface area is 141 Å². The number of halogens is 3. The number of alkyl halides is 3. The number of hydrogen-bond acceptors (Lipinski definition) is 5. The molecular weight excluding hydrogens is 345 g/mol. The SMILES string of the molecule is CN(C)c1ccc(C(=O)N2CSCC2C(=O)NCC(F)(F)F)cn1. The molecule has 1 aliphatic heterocycles. The van der Waals surface area contributed by atoms with E-state index in [9.17, 15) is 22.8 Å². The Bertz CT molecular complexity index is 607. The number of hydrogen-bond donors (Lipinski definition) is 1. The smallest absolute Gasteiger partial charge is 0.363 e. The van der Waals surface area contributed by atoms with E-state index in [-0.39, 0.29) is 17.2 Å². The fraction of sp³-hybridized carbons (Fsp3) is 0.500. The third-order valence-electron chi connectivity index (χ3n) is 3.36. The van der Waals surface area contributed by atoms with Crippen molar-refractivity contribution in [3.63, 3.8) is 0 Å². The molecule has 1 unspecified atom stereocenters. The lowest BCUT2D eigenvalue weighted by Crippen LogP contribution is -2.49. The molecule has 1 saturated heterocycles. The van der Waals surface area contributed by atoms with E-state index in [1.165, 1.54) is 22.9 Å². The number of nitrogens with zero attached hydrogens (tertiary/aromatic N) is 3. The Morgan fingerprint density at radius 1 is 1.42 bits per heavy atom. The molecule has 1 aliphatic rings. The Kier molecular flexibility index (Phi) is 5.58. The van der Waals surface area contributed by atoms with Crippen molar-refractivity contribution < 1.29 is 22.8 Å². The summed E-state index contributed by atoms with van der Waals surface area (Å²) in [5, 5.41) is 1.83. The van der Waals surface area contributed by atoms with Gasteiger partial charge in [0.05, 0.1) is 11.4 Å². The summed E-state index contributed by atoms with van der Waals surface area (Å²) in [5.74, 6) is -0.0490. The number of amides is 2. The molecule has 1 fully saturated rings. The molecule has 2 heterocycles. The van der Waals surface area contributed by atoms with Gasteiger partial charge in [-0.1, -0.05) is 0 Å². The second-order valence-corrected chi connectivity index (χ2v) is 6.42. The number of anilines is 1. The van der Waals surface area contributed by atoms with Crippen molar-refractivity contribution in [1.29, 1.82) is 0 Å². The van der Waals surface area contributed by atoms with E-state index in [4.69, 9.17) is 0 Å². The average Bonchev–Trinajstić information content (AvgIpc) is 3.01. The highest BCUT2D eigenvalue weighted by molar-refractivity contribution is 7.99. The van der Waals surface area contributed by atoms with Crippen LogP contribution in [-0.2, 0) is 4.79 Å². The summed E-state index contributed by atoms with van der Waals surface area (Å²) in [6.07, 6.45) is -3.09. The molecule has 10 heteroatoms. The highest BCUT2D eigenvalue weighted by atomic mass is 32.2. The number of nitrogens with one attached hydrogen (secondary N) is 1. The minimum absolute atomic E-state index is 0.248. The predicted octanol–water partition coefficient (Wildman–Crippen LogP) is 1.34. The van der Waals surface area contributed by atoms with Crippen molar-refractivity contribution >= 4 is 29.4 Å². The maximum atomic E-state index is 12.5. The fourth-order valence-corrected chi connectivity index (χ4v) is 3.26. The largest absolute Gasteiger partial charge is 0.405 e. The molecule has 2 rings (SSSR count). The summed E-state index contributed by atoms with van der Waals surface area (Å²) in [4.78, 5) is 31.6. The van der Waals surface area contributed by atoms with E-state index in [0.717, 1.165) is 0 Å². The van der Waals surface area contributed by atoms with Crippen LogP contribution in [0.25, 0.3) is 0 Å². The molecule has 0 aromatic carbocycles. The van der Waals surface area contributed by atoms with Crippen molar-refractivity contribution in [2.24, 2.45) is 0 Å². The van der Waals surface area contributed by atoms with Crippen LogP contribution in [0.3, 0.4) is 0 Å². The standard InChI is InChI=1S/C14H17F3N4O2S/c1-20(2)11-4-3-9(5-18-11)13(23)21-8-24-6-10(21)12(22)19-7-14(15,16)17/h3-5,10H,6-8H2,1-2H3,(H,19,22). The molecule has 6 nitrogen and oxygen atoms in total. The van der Waals surface area contributed by atoms with Crippen LogP contribution in [0, 0.1) is 0 Å². The quantitative estimate of drug-likeness (QED) is 0.876. The molecule has 1 aromatic heterocycles. The molecule has 0 radical (unpaired) electrons. The van der Waals surface area contributed by atoms with Gasteiger partial charge in [0.2, 0.25) is 5.91 Å². The lowest BCUT2D eigenvalue weighted by molar-refractivity contribution is -0.140. The van der Waals surface area contributed by atoms with Gasteiger partial charge in [0.1, 0.15) is 18.4 Å². The average molecular weight is 362 g/mol. The van der Waals surface area contributed by atoms with Gasteiger partial charge in [0, 0.05) is 26.0 Å². The van der Waals surface area contributed by atoms with Crippen molar-refractivity contribution in [2.75, 3.05) is 37.2 Å². The first-order chi connectivity index (χ1) is 11.2. The summed E-state index contributed by atoms with van der Waals surface area (Å²) in [7, 11) is 3.61. The van der Waals surface area contributed by atoms with E-state index in [0.29, 0.717) is 5.82 Å². The summed E-state index contributed by atoms with van der Waals surface area (Å²) >= 11 is 1.32. The van der Waals surface area contributed by atoms with Gasteiger partial charge >= 0.3 is 6.18 Å². The van der Waals surface area contributed by atoms with E-state index >= 15 is 0 Å². The molecule has 1 N–H and O–H groups in total. The summed E-state index contributed by atoms with van der Waals surface area (Å²) in [6, 6.07) is 2.33. The van der Waals surface area contributed by atoms with Crippen LogP contribution in [0.5, 0.6) is 0 Å². The highest BCUT2D eigenvalue weighted by Gasteiger charge is 2.37. The minimum atomic E-state index is -4.48. The second-order valence-electron chi connectivity index (χ2n) is 5.42. The van der Waals surface area contributed by atoms with Crippen molar-refractivity contribution in [3.05, 3.63) is 23.9 Å². The van der Waals surface area contributed by atoms with Crippen LogP contribution < -0.4 is 10.2 Å². The maximum absolute atomic E-state index is 12.5. The van der Waals surface area contributed by atoms with Crippen molar-refractivity contribution in [3.8, 4) is 0 Å². The Morgan fingerprint density at radius 3 is 2.67 bits per heavy atom. The number of carbonyl (C=O) groups excluding carboxylic acids is 2. The molecule has 0 spiro atoms. The molecular formula is C14H17F3N4O2S. The van der Waals surface area contributed by atoms with Gasteiger partial charge in [-0.15, -0.1) is 11.8 Å². The molecule has 1 atom stereocenters. The van der Waals surface area contributed by atoms with Crippen LogP contribution in [0.15, 0.2) is 18.3 Å². The maximum Gasteiger partial charge on any atom is 0.405 e. The first-order valence-electron chi connectivity index (χ1n) is 7.05. The normalized spacial score (nSPS) is 17.7. The van der Waals surface area contributed by atoms with Crippen molar-refractivity contribution in [2.45, 2.75) is 12.2 Å². The highest BCUT2D eigenvalue weighted by Crippen LogP contribution is 2.24. The van der Waals surface area contributed by atoms with Gasteiger partial charge in [-0.2, -0.15) is 13.2 Å². The molecule has 2 amide bonds. The van der Waals surface area contributed by atoms with Gasteiger partial charge < -0.3 is 15.1 Å². The molecule has 24 heavy (non-hydrogen) atoms. The van der Waals surface area contributed by atoms with E-state index in [1.54, 1.807) is 17.0 Å². The van der Waals surface area contributed by atoms with E-state index in [2.05, 4.69) is 4.98 Å². The molecule has 0 aliphatic carbocycles. The van der Waals surface area contributed by atoms with Gasteiger partial charge in [-0.25, -0.2) is 4.98 Å². The predicted molar refractivity (Wildman–Crippen MR) is 84.9 cm³/mol. The van der Waals surface area contributed by atoms with E-state index < -0.39 is 30.6 Å². The topological polar surface area (TPSA) is 65.5 Å². The van der Waals surface area contributed by atoms with Crippen LogP contribution in [0.1, 0.15) is 10.4 Å². The lowest BCUT2D eigenvalue weighted by atomic mass is 10.2. The molecule has 1 aromatic rings. The van der Waals surface area contributed by atoms with Crippen LogP contribution in [0.2, 0.25) is 0 Å². The van der Waals surface area contributed by atoms with Crippen molar-refractivity contribution in [1.82, 2.24) is 15.2 Å². The first kappa shape index (κ1) is 18.4. The summed E-state index contributed by atoms with van der Waals surface area (Å²) < 4.78 is 36.6. The Balaban J connectivity index is 2.06. The monoisotopic (exact) mass is 362 g/mol. The number of aromatic nitrogens is 1. The third-order valence-corrected chi connectivity index (χ3v) is 4.37. The van der Waals surface area contributed by atoms with E-state index in [1.807, 2.05) is 19.4 Å². The Hall–Kier alpha value is -1.97. The zero-order valence-electron chi connectivity index (χ0n) is 13.1. The molecule has 0 saturated carbocycles. The number of thioether (sulfide) groups is 1. The summed E-state index contributed by atoms with van der Waals surface area (Å²) in [6.45, 7) is -1.41. The van der Waals surface area contributed by atoms with Crippen LogP contribution >= 0.6 is 11.8 Å². The third kappa shape index (κ3) is 4.53. The number of pyridine rings is 1. The first-order valence-corrected chi connectivity index (χ1v) is 8.21. The van der Waals surface area contributed by atoms with Crippen LogP contribution in [-0.4, -0.2) is 66.2 Å². The minimum Gasteiger partial charge on any atom is -0.363 e. The fourth-order valence-electron chi connectivity index (χ4n) is 2.11. The molecule has 132 valence electrons. The second kappa shape index (κ2) is 7.29. The van der Waals surface area contributed by atoms with Gasteiger partial charge in [-0.3, -0.25) is 9.59 Å². The van der Waals surface area contributed by atoms with Gasteiger partial charge in [-0.05, 0) is 12.1 Å².